The fourth-order valence-electron chi connectivity index (χ4n) is 3.57. The van der Waals surface area contributed by atoms with Gasteiger partial charge in [-0.25, -0.2) is 9.67 Å². The lowest BCUT2D eigenvalue weighted by Crippen LogP contribution is -2.20. The minimum absolute atomic E-state index is 0.00776. The lowest BCUT2D eigenvalue weighted by Gasteiger charge is -2.09. The Balaban J connectivity index is 1.38. The number of hydrogen-bond donors (Lipinski definition) is 1. The molecule has 5 aromatic rings. The monoisotopic (exact) mass is 432 g/mol. The summed E-state index contributed by atoms with van der Waals surface area (Å²) in [4.78, 5) is 21.6. The molecule has 3 aromatic heterocycles. The topological polar surface area (TPSA) is 85.6 Å². The highest BCUT2D eigenvalue weighted by molar-refractivity contribution is 5.90. The zero-order chi connectivity index (χ0) is 22.5. The number of rotatable bonds is 6. The number of nitrogens with zero attached hydrogens (tertiary/aromatic N) is 5. The minimum Gasteiger partial charge on any atom is -0.309 e. The second kappa shape index (κ2) is 9.23. The molecule has 33 heavy (non-hydrogen) atoms. The van der Waals surface area contributed by atoms with Crippen LogP contribution in [-0.2, 0) is 11.3 Å². The Kier molecular flexibility index (Phi) is 5.67. The van der Waals surface area contributed by atoms with Gasteiger partial charge in [-0.3, -0.25) is 9.78 Å². The summed E-state index contributed by atoms with van der Waals surface area (Å²) in [5.41, 5.74) is 5.01. The Bertz CT molecular complexity index is 1350. The Hall–Kier alpha value is -4.65. The first-order valence-electron chi connectivity index (χ1n) is 10.5. The lowest BCUT2D eigenvalue weighted by molar-refractivity contribution is -0.116. The van der Waals surface area contributed by atoms with E-state index in [0.29, 0.717) is 17.2 Å². The first-order valence-corrected chi connectivity index (χ1v) is 10.5. The van der Waals surface area contributed by atoms with E-state index in [-0.39, 0.29) is 12.5 Å². The van der Waals surface area contributed by atoms with Crippen molar-refractivity contribution in [2.75, 3.05) is 5.32 Å². The molecule has 7 nitrogen and oxygen atoms in total. The van der Waals surface area contributed by atoms with E-state index < -0.39 is 0 Å². The van der Waals surface area contributed by atoms with Crippen LogP contribution in [0.5, 0.6) is 0 Å². The van der Waals surface area contributed by atoms with E-state index in [9.17, 15) is 4.79 Å². The van der Waals surface area contributed by atoms with E-state index in [1.807, 2.05) is 84.9 Å². The zero-order valence-corrected chi connectivity index (χ0v) is 17.7. The Morgan fingerprint density at radius 1 is 0.758 bits per heavy atom. The molecule has 3 heterocycles. The molecule has 0 radical (unpaired) electrons. The predicted molar refractivity (Wildman–Crippen MR) is 127 cm³/mol. The molecule has 0 spiro atoms. The molecule has 0 saturated heterocycles. The summed E-state index contributed by atoms with van der Waals surface area (Å²) in [5, 5.41) is 11.4. The number of benzene rings is 2. The van der Waals surface area contributed by atoms with Gasteiger partial charge in [0.15, 0.2) is 0 Å². The summed E-state index contributed by atoms with van der Waals surface area (Å²) < 4.78 is 1.59. The van der Waals surface area contributed by atoms with Gasteiger partial charge < -0.3 is 5.32 Å². The Labute approximate surface area is 190 Å². The molecule has 0 aliphatic carbocycles. The number of carbonyl (C=O) groups is 1. The molecular formula is C26H20N6O. The summed E-state index contributed by atoms with van der Waals surface area (Å²) >= 11 is 0. The first-order chi connectivity index (χ1) is 16.3. The SMILES string of the molecule is O=C(Cn1nnc(-c2ccccn2)c1-c1ccccc1)Nc1ccc(-c2ccccc2)cn1. The van der Waals surface area contributed by atoms with Gasteiger partial charge in [0.2, 0.25) is 5.91 Å². The van der Waals surface area contributed by atoms with E-state index >= 15 is 0 Å². The molecule has 7 heteroatoms. The number of pyridine rings is 2. The van der Waals surface area contributed by atoms with Crippen LogP contribution in [-0.4, -0.2) is 30.9 Å². The highest BCUT2D eigenvalue weighted by Crippen LogP contribution is 2.29. The van der Waals surface area contributed by atoms with Crippen LogP contribution >= 0.6 is 0 Å². The molecule has 0 aliphatic heterocycles. The summed E-state index contributed by atoms with van der Waals surface area (Å²) in [5.74, 6) is 0.232. The van der Waals surface area contributed by atoms with E-state index in [4.69, 9.17) is 0 Å². The lowest BCUT2D eigenvalue weighted by atomic mass is 10.1. The molecular weight excluding hydrogens is 412 g/mol. The van der Waals surface area contributed by atoms with Crippen molar-refractivity contribution < 1.29 is 4.79 Å². The average Bonchev–Trinajstić information content (AvgIpc) is 3.29. The normalized spacial score (nSPS) is 10.7. The van der Waals surface area contributed by atoms with Gasteiger partial charge in [0, 0.05) is 23.5 Å². The van der Waals surface area contributed by atoms with Gasteiger partial charge in [0.1, 0.15) is 18.1 Å². The molecule has 1 N–H and O–H groups in total. The van der Waals surface area contributed by atoms with Gasteiger partial charge in [-0.15, -0.1) is 5.10 Å². The zero-order valence-electron chi connectivity index (χ0n) is 17.7. The van der Waals surface area contributed by atoms with Crippen LogP contribution in [0, 0.1) is 0 Å². The number of hydrogen-bond acceptors (Lipinski definition) is 5. The minimum atomic E-state index is -0.246. The molecule has 1 amide bonds. The van der Waals surface area contributed by atoms with E-state index in [1.165, 1.54) is 0 Å². The Morgan fingerprint density at radius 2 is 1.48 bits per heavy atom. The molecule has 160 valence electrons. The number of nitrogens with one attached hydrogen (secondary N) is 1. The van der Waals surface area contributed by atoms with E-state index in [0.717, 1.165) is 22.4 Å². The molecule has 0 saturated carbocycles. The van der Waals surface area contributed by atoms with Gasteiger partial charge in [0.05, 0.1) is 11.4 Å². The quantitative estimate of drug-likeness (QED) is 0.420. The van der Waals surface area contributed by atoms with Crippen molar-refractivity contribution in [3.05, 3.63) is 103 Å². The Morgan fingerprint density at radius 3 is 2.15 bits per heavy atom. The van der Waals surface area contributed by atoms with Crippen LogP contribution in [0.4, 0.5) is 5.82 Å². The molecule has 5 rings (SSSR count). The molecule has 0 bridgehead atoms. The molecule has 0 aliphatic rings. The molecule has 2 aromatic carbocycles. The smallest absolute Gasteiger partial charge is 0.247 e. The summed E-state index contributed by atoms with van der Waals surface area (Å²) in [6.07, 6.45) is 3.45. The second-order valence-corrected chi connectivity index (χ2v) is 7.37. The maximum absolute atomic E-state index is 12.8. The second-order valence-electron chi connectivity index (χ2n) is 7.37. The van der Waals surface area contributed by atoms with Crippen molar-refractivity contribution in [2.24, 2.45) is 0 Å². The van der Waals surface area contributed by atoms with Crippen LogP contribution in [0.15, 0.2) is 103 Å². The third kappa shape index (κ3) is 4.52. The summed E-state index contributed by atoms with van der Waals surface area (Å²) in [6.45, 7) is -0.00776. The van der Waals surface area contributed by atoms with Gasteiger partial charge in [0.25, 0.3) is 0 Å². The van der Waals surface area contributed by atoms with Gasteiger partial charge in [-0.1, -0.05) is 71.9 Å². The highest BCUT2D eigenvalue weighted by atomic mass is 16.2. The largest absolute Gasteiger partial charge is 0.309 e. The molecule has 0 atom stereocenters. The maximum atomic E-state index is 12.8. The first kappa shape index (κ1) is 20.3. The highest BCUT2D eigenvalue weighted by Gasteiger charge is 2.19. The van der Waals surface area contributed by atoms with E-state index in [1.54, 1.807) is 23.1 Å². The van der Waals surface area contributed by atoms with Crippen LogP contribution in [0.3, 0.4) is 0 Å². The van der Waals surface area contributed by atoms with Crippen molar-refractivity contribution in [3.8, 4) is 33.8 Å². The summed E-state index contributed by atoms with van der Waals surface area (Å²) in [7, 11) is 0. The van der Waals surface area contributed by atoms with Crippen molar-refractivity contribution in [3.63, 3.8) is 0 Å². The predicted octanol–water partition coefficient (Wildman–Crippen LogP) is 4.71. The van der Waals surface area contributed by atoms with Crippen molar-refractivity contribution in [2.45, 2.75) is 6.54 Å². The maximum Gasteiger partial charge on any atom is 0.247 e. The van der Waals surface area contributed by atoms with E-state index in [2.05, 4.69) is 25.6 Å². The fraction of sp³-hybridized carbons (Fsp3) is 0.0385. The number of amides is 1. The third-order valence-corrected chi connectivity index (χ3v) is 5.12. The van der Waals surface area contributed by atoms with Crippen LogP contribution in [0.2, 0.25) is 0 Å². The summed E-state index contributed by atoms with van der Waals surface area (Å²) in [6, 6.07) is 29.0. The van der Waals surface area contributed by atoms with Gasteiger partial charge in [-0.05, 0) is 29.8 Å². The third-order valence-electron chi connectivity index (χ3n) is 5.12. The van der Waals surface area contributed by atoms with Crippen molar-refractivity contribution in [1.29, 1.82) is 0 Å². The molecule has 0 unspecified atom stereocenters. The van der Waals surface area contributed by atoms with Gasteiger partial charge in [-0.2, -0.15) is 0 Å². The number of anilines is 1. The standard InChI is InChI=1S/C26H20N6O/c33-24(29-23-15-14-21(17-28-23)19-9-3-1-4-10-19)18-32-26(20-11-5-2-6-12-20)25(30-31-32)22-13-7-8-16-27-22/h1-17H,18H2,(H,28,29,33). The van der Waals surface area contributed by atoms with Crippen molar-refractivity contribution >= 4 is 11.7 Å². The fourth-order valence-corrected chi connectivity index (χ4v) is 3.57. The van der Waals surface area contributed by atoms with Crippen molar-refractivity contribution in [1.82, 2.24) is 25.0 Å². The average molecular weight is 432 g/mol. The van der Waals surface area contributed by atoms with Crippen LogP contribution in [0.25, 0.3) is 33.8 Å². The van der Waals surface area contributed by atoms with Crippen LogP contribution in [0.1, 0.15) is 0 Å². The van der Waals surface area contributed by atoms with Crippen LogP contribution < -0.4 is 5.32 Å². The number of aromatic nitrogens is 5. The number of carbonyl (C=O) groups excluding carboxylic acids is 1. The van der Waals surface area contributed by atoms with Gasteiger partial charge >= 0.3 is 0 Å². The molecule has 0 fully saturated rings.